The number of alkyl halides is 3. The molecule has 2 heterocycles. The van der Waals surface area contributed by atoms with Crippen molar-refractivity contribution < 1.29 is 18.0 Å². The molecular formula is C17H19F3N4O. The van der Waals surface area contributed by atoms with Crippen LogP contribution in [-0.4, -0.2) is 26.5 Å². The number of fused-ring (bicyclic) bond motifs is 1. The zero-order chi connectivity index (χ0) is 17.6. The van der Waals surface area contributed by atoms with Crippen molar-refractivity contribution >= 4 is 11.6 Å². The van der Waals surface area contributed by atoms with Crippen LogP contribution in [-0.2, 0) is 6.18 Å². The minimum atomic E-state index is -4.55. The van der Waals surface area contributed by atoms with Crippen LogP contribution in [0, 0.1) is 0 Å². The predicted molar refractivity (Wildman–Crippen MR) is 84.3 cm³/mol. The topological polar surface area (TPSA) is 59.3 Å². The molecule has 2 aliphatic rings. The van der Waals surface area contributed by atoms with Crippen molar-refractivity contribution in [2.75, 3.05) is 0 Å². The second kappa shape index (κ2) is 6.00. The molecule has 4 rings (SSSR count). The second-order valence-corrected chi connectivity index (χ2v) is 6.95. The average molecular weight is 352 g/mol. The van der Waals surface area contributed by atoms with Gasteiger partial charge in [-0.25, -0.2) is 9.50 Å². The molecule has 2 fully saturated rings. The highest BCUT2D eigenvalue weighted by atomic mass is 19.4. The van der Waals surface area contributed by atoms with E-state index in [0.717, 1.165) is 55.5 Å². The smallest absolute Gasteiger partial charge is 0.348 e. The molecule has 1 amide bonds. The summed E-state index contributed by atoms with van der Waals surface area (Å²) in [4.78, 5) is 16.7. The summed E-state index contributed by atoms with van der Waals surface area (Å²) in [6.45, 7) is 0. The van der Waals surface area contributed by atoms with E-state index in [1.54, 1.807) is 0 Å². The molecule has 0 aliphatic heterocycles. The number of carbonyl (C=O) groups excluding carboxylic acids is 1. The quantitative estimate of drug-likeness (QED) is 0.917. The summed E-state index contributed by atoms with van der Waals surface area (Å²) < 4.78 is 40.9. The van der Waals surface area contributed by atoms with E-state index >= 15 is 0 Å². The zero-order valence-corrected chi connectivity index (χ0v) is 13.6. The Hall–Kier alpha value is -2.12. The first-order valence-corrected chi connectivity index (χ1v) is 8.70. The lowest BCUT2D eigenvalue weighted by Gasteiger charge is -2.22. The number of nitrogens with zero attached hydrogens (tertiary/aromatic N) is 3. The van der Waals surface area contributed by atoms with Gasteiger partial charge in [-0.15, -0.1) is 0 Å². The van der Waals surface area contributed by atoms with E-state index in [1.807, 2.05) is 0 Å². The highest BCUT2D eigenvalue weighted by Crippen LogP contribution is 2.41. The number of carbonyl (C=O) groups is 1. The summed E-state index contributed by atoms with van der Waals surface area (Å²) in [5.41, 5.74) is -0.392. The molecule has 0 unspecified atom stereocenters. The van der Waals surface area contributed by atoms with Crippen LogP contribution in [0.4, 0.5) is 13.2 Å². The molecule has 0 aromatic carbocycles. The van der Waals surface area contributed by atoms with Crippen molar-refractivity contribution in [1.29, 1.82) is 0 Å². The summed E-state index contributed by atoms with van der Waals surface area (Å²) in [6.07, 6.45) is 2.22. The molecule has 134 valence electrons. The Balaban J connectivity index is 1.67. The molecular weight excluding hydrogens is 333 g/mol. The largest absolute Gasteiger partial charge is 0.433 e. The third kappa shape index (κ3) is 3.34. The Bertz CT molecular complexity index is 804. The number of hydrogen-bond donors (Lipinski definition) is 1. The minimum absolute atomic E-state index is 0.0171. The Morgan fingerprint density at radius 3 is 2.48 bits per heavy atom. The molecule has 0 radical (unpaired) electrons. The second-order valence-electron chi connectivity index (χ2n) is 6.95. The normalized spacial score (nSPS) is 19.3. The van der Waals surface area contributed by atoms with Crippen LogP contribution in [0.5, 0.6) is 0 Å². The lowest BCUT2D eigenvalue weighted by molar-refractivity contribution is -0.142. The molecule has 2 aliphatic carbocycles. The highest BCUT2D eigenvalue weighted by Gasteiger charge is 2.37. The van der Waals surface area contributed by atoms with E-state index in [2.05, 4.69) is 15.4 Å². The summed E-state index contributed by atoms with van der Waals surface area (Å²) in [5, 5.41) is 6.77. The summed E-state index contributed by atoms with van der Waals surface area (Å²) in [7, 11) is 0. The predicted octanol–water partition coefficient (Wildman–Crippen LogP) is 3.69. The van der Waals surface area contributed by atoms with Gasteiger partial charge in [0.2, 0.25) is 0 Å². The van der Waals surface area contributed by atoms with Gasteiger partial charge >= 0.3 is 6.18 Å². The summed E-state index contributed by atoms with van der Waals surface area (Å²) in [5.74, 6) is -0.348. The first kappa shape index (κ1) is 16.4. The molecule has 0 atom stereocenters. The molecule has 0 bridgehead atoms. The maximum Gasteiger partial charge on any atom is 0.433 e. The van der Waals surface area contributed by atoms with Gasteiger partial charge in [-0.2, -0.15) is 18.3 Å². The standard InChI is InChI=1S/C17H19F3N4O/c18-17(19,20)14-8-12(10-6-7-10)22-15-9-13(23-24(14)15)16(25)21-11-4-2-1-3-5-11/h8-11H,1-7H2,(H,21,25). The van der Waals surface area contributed by atoms with Gasteiger partial charge < -0.3 is 5.32 Å². The average Bonchev–Trinajstić information content (AvgIpc) is 3.32. The van der Waals surface area contributed by atoms with E-state index in [1.165, 1.54) is 6.07 Å². The molecule has 25 heavy (non-hydrogen) atoms. The monoisotopic (exact) mass is 352 g/mol. The fraction of sp³-hybridized carbons (Fsp3) is 0.588. The van der Waals surface area contributed by atoms with Gasteiger partial charge in [0, 0.05) is 23.7 Å². The highest BCUT2D eigenvalue weighted by molar-refractivity contribution is 5.93. The molecule has 1 N–H and O–H groups in total. The lowest BCUT2D eigenvalue weighted by Crippen LogP contribution is -2.36. The number of aromatic nitrogens is 3. The van der Waals surface area contributed by atoms with Crippen molar-refractivity contribution in [3.05, 3.63) is 29.2 Å². The van der Waals surface area contributed by atoms with Crippen molar-refractivity contribution in [3.8, 4) is 0 Å². The maximum atomic E-state index is 13.4. The number of amides is 1. The first-order chi connectivity index (χ1) is 11.9. The minimum Gasteiger partial charge on any atom is -0.348 e. The van der Waals surface area contributed by atoms with Gasteiger partial charge in [-0.1, -0.05) is 19.3 Å². The van der Waals surface area contributed by atoms with Crippen LogP contribution in [0.25, 0.3) is 5.65 Å². The van der Waals surface area contributed by atoms with Crippen LogP contribution in [0.15, 0.2) is 12.1 Å². The molecule has 2 saturated carbocycles. The summed E-state index contributed by atoms with van der Waals surface area (Å²) >= 11 is 0. The van der Waals surface area contributed by atoms with Gasteiger partial charge in [0.15, 0.2) is 11.3 Å². The molecule has 0 saturated heterocycles. The van der Waals surface area contributed by atoms with E-state index < -0.39 is 17.8 Å². The third-order valence-electron chi connectivity index (χ3n) is 4.91. The van der Waals surface area contributed by atoms with Crippen molar-refractivity contribution in [2.24, 2.45) is 0 Å². The zero-order valence-electron chi connectivity index (χ0n) is 13.6. The Kier molecular flexibility index (Phi) is 3.92. The number of nitrogens with one attached hydrogen (secondary N) is 1. The summed E-state index contributed by atoms with van der Waals surface area (Å²) in [6, 6.07) is 2.47. The molecule has 2 aromatic heterocycles. The van der Waals surface area contributed by atoms with E-state index in [9.17, 15) is 18.0 Å². The number of hydrogen-bond acceptors (Lipinski definition) is 3. The third-order valence-corrected chi connectivity index (χ3v) is 4.91. The fourth-order valence-electron chi connectivity index (χ4n) is 3.40. The van der Waals surface area contributed by atoms with Crippen LogP contribution in [0.2, 0.25) is 0 Å². The number of halogens is 3. The first-order valence-electron chi connectivity index (χ1n) is 8.70. The molecule has 2 aromatic rings. The van der Waals surface area contributed by atoms with Crippen LogP contribution in [0.1, 0.15) is 72.7 Å². The Morgan fingerprint density at radius 2 is 1.84 bits per heavy atom. The fourth-order valence-corrected chi connectivity index (χ4v) is 3.40. The van der Waals surface area contributed by atoms with Crippen LogP contribution < -0.4 is 5.32 Å². The molecule has 0 spiro atoms. The van der Waals surface area contributed by atoms with Gasteiger partial charge in [0.25, 0.3) is 5.91 Å². The van der Waals surface area contributed by atoms with E-state index in [0.29, 0.717) is 5.69 Å². The SMILES string of the molecule is O=C(NC1CCCCC1)c1cc2nc(C3CC3)cc(C(F)(F)F)n2n1. The van der Waals surface area contributed by atoms with E-state index in [4.69, 9.17) is 0 Å². The van der Waals surface area contributed by atoms with Crippen molar-refractivity contribution in [3.63, 3.8) is 0 Å². The Morgan fingerprint density at radius 1 is 1.12 bits per heavy atom. The lowest BCUT2D eigenvalue weighted by atomic mass is 9.95. The van der Waals surface area contributed by atoms with Gasteiger partial charge in [-0.05, 0) is 31.7 Å². The van der Waals surface area contributed by atoms with Crippen molar-refractivity contribution in [2.45, 2.75) is 63.1 Å². The van der Waals surface area contributed by atoms with Crippen LogP contribution >= 0.6 is 0 Å². The van der Waals surface area contributed by atoms with Gasteiger partial charge in [-0.3, -0.25) is 4.79 Å². The molecule has 5 nitrogen and oxygen atoms in total. The Labute approximate surface area is 142 Å². The van der Waals surface area contributed by atoms with Gasteiger partial charge in [0.05, 0.1) is 0 Å². The molecule has 8 heteroatoms. The van der Waals surface area contributed by atoms with Crippen LogP contribution in [0.3, 0.4) is 0 Å². The maximum absolute atomic E-state index is 13.4. The van der Waals surface area contributed by atoms with Crippen molar-refractivity contribution in [1.82, 2.24) is 19.9 Å². The number of rotatable bonds is 3. The van der Waals surface area contributed by atoms with Gasteiger partial charge in [0.1, 0.15) is 5.69 Å². The van der Waals surface area contributed by atoms with E-state index in [-0.39, 0.29) is 23.3 Å².